The molecule has 7 nitrogen and oxygen atoms in total. The van der Waals surface area contributed by atoms with Gasteiger partial charge in [-0.3, -0.25) is 4.55 Å². The van der Waals surface area contributed by atoms with E-state index in [-0.39, 0.29) is 16.5 Å². The topological polar surface area (TPSA) is 105 Å². The Morgan fingerprint density at radius 1 is 1.27 bits per heavy atom. The van der Waals surface area contributed by atoms with Crippen LogP contribution in [0.15, 0.2) is 0 Å². The molecule has 15 heavy (non-hydrogen) atoms. The first-order valence-electron chi connectivity index (χ1n) is 3.59. The second-order valence-electron chi connectivity index (χ2n) is 2.50. The number of aromatic nitrogens is 3. The van der Waals surface area contributed by atoms with Gasteiger partial charge in [0.2, 0.25) is 16.5 Å². The van der Waals surface area contributed by atoms with Crippen LogP contribution in [0.2, 0.25) is 10.6 Å². The average Bonchev–Trinajstić information content (AvgIpc) is 1.99. The van der Waals surface area contributed by atoms with Crippen molar-refractivity contribution in [3.05, 3.63) is 10.6 Å². The number of hydrogen-bond acceptors (Lipinski definition) is 6. The molecule has 1 aromatic rings. The van der Waals surface area contributed by atoms with Gasteiger partial charge in [-0.15, -0.1) is 0 Å². The van der Waals surface area contributed by atoms with Crippen molar-refractivity contribution in [1.29, 1.82) is 0 Å². The van der Waals surface area contributed by atoms with Crippen LogP contribution in [-0.2, 0) is 10.1 Å². The molecule has 0 amide bonds. The van der Waals surface area contributed by atoms with Crippen molar-refractivity contribution < 1.29 is 13.0 Å². The van der Waals surface area contributed by atoms with E-state index in [9.17, 15) is 8.42 Å². The summed E-state index contributed by atoms with van der Waals surface area (Å²) in [6.45, 7) is 1.21. The van der Waals surface area contributed by atoms with Gasteiger partial charge in [-0.1, -0.05) is 0 Å². The highest BCUT2D eigenvalue weighted by Crippen LogP contribution is 2.11. The molecule has 1 heterocycles. The summed E-state index contributed by atoms with van der Waals surface area (Å²) in [5, 5.41) is 0.662. The summed E-state index contributed by atoms with van der Waals surface area (Å²) in [5.74, 6) is -0.134. The summed E-state index contributed by atoms with van der Waals surface area (Å²) < 4.78 is 30.0. The Morgan fingerprint density at radius 3 is 2.13 bits per heavy atom. The molecule has 0 radical (unpaired) electrons. The van der Waals surface area contributed by atoms with Crippen molar-refractivity contribution in [3.63, 3.8) is 0 Å². The summed E-state index contributed by atoms with van der Waals surface area (Å²) in [6.07, 6.45) is 0. The fourth-order valence-corrected chi connectivity index (χ4v) is 1.26. The molecule has 0 aromatic carbocycles. The van der Waals surface area contributed by atoms with Gasteiger partial charge >= 0.3 is 0 Å². The summed E-state index contributed by atoms with van der Waals surface area (Å²) in [6, 6.07) is 0. The molecule has 0 fully saturated rings. The lowest BCUT2D eigenvalue weighted by Gasteiger charge is -2.09. The molecule has 0 aliphatic heterocycles. The third-order valence-electron chi connectivity index (χ3n) is 1.36. The molecule has 1 unspecified atom stereocenters. The third kappa shape index (κ3) is 3.74. The van der Waals surface area contributed by atoms with Gasteiger partial charge in [0.05, 0.1) is 0 Å². The van der Waals surface area contributed by atoms with Gasteiger partial charge in [0, 0.05) is 0 Å². The highest BCUT2D eigenvalue weighted by molar-refractivity contribution is 7.86. The van der Waals surface area contributed by atoms with Crippen LogP contribution in [0.3, 0.4) is 0 Å². The van der Waals surface area contributed by atoms with Crippen LogP contribution in [0, 0.1) is 0 Å². The number of halogens is 2. The van der Waals surface area contributed by atoms with E-state index in [2.05, 4.69) is 20.3 Å². The molecule has 0 aliphatic carbocycles. The summed E-state index contributed by atoms with van der Waals surface area (Å²) in [4.78, 5) is 10.6. The molecule has 1 atom stereocenters. The largest absolute Gasteiger partial charge is 0.336 e. The van der Waals surface area contributed by atoms with Crippen LogP contribution in [0.5, 0.6) is 0 Å². The number of anilines is 1. The average molecular weight is 273 g/mol. The minimum absolute atomic E-state index is 0.134. The number of hydrogen-bond donors (Lipinski definition) is 2. The maximum Gasteiger partial charge on any atom is 0.285 e. The summed E-state index contributed by atoms with van der Waals surface area (Å²) in [5.41, 5.74) is 0. The van der Waals surface area contributed by atoms with E-state index in [0.29, 0.717) is 0 Å². The van der Waals surface area contributed by atoms with Gasteiger partial charge in [-0.2, -0.15) is 23.4 Å². The van der Waals surface area contributed by atoms with E-state index in [1.54, 1.807) is 0 Å². The minimum Gasteiger partial charge on any atom is -0.336 e. The van der Waals surface area contributed by atoms with Crippen LogP contribution < -0.4 is 5.32 Å². The van der Waals surface area contributed by atoms with E-state index < -0.39 is 15.5 Å². The first-order valence-corrected chi connectivity index (χ1v) is 5.85. The molecule has 0 saturated carbocycles. The molecule has 0 bridgehead atoms. The molecule has 10 heteroatoms. The molecular formula is C5H6Cl2N4O3S. The predicted octanol–water partition coefficient (Wildman–Crippen LogP) is 0.824. The van der Waals surface area contributed by atoms with Crippen molar-refractivity contribution in [1.82, 2.24) is 15.0 Å². The number of rotatable bonds is 3. The first kappa shape index (κ1) is 12.4. The lowest BCUT2D eigenvalue weighted by atomic mass is 10.7. The smallest absolute Gasteiger partial charge is 0.285 e. The zero-order chi connectivity index (χ0) is 11.6. The van der Waals surface area contributed by atoms with Crippen molar-refractivity contribution in [2.24, 2.45) is 0 Å². The Balaban J connectivity index is 2.90. The second-order valence-corrected chi connectivity index (χ2v) is 4.91. The highest BCUT2D eigenvalue weighted by atomic mass is 35.5. The van der Waals surface area contributed by atoms with Gasteiger partial charge in [0.1, 0.15) is 0 Å². The van der Waals surface area contributed by atoms with Crippen LogP contribution in [0.1, 0.15) is 6.92 Å². The SMILES string of the molecule is CC(Nc1nc(Cl)nc(Cl)n1)S(=O)(=O)O. The molecule has 1 aromatic heterocycles. The van der Waals surface area contributed by atoms with Gasteiger partial charge in [0.25, 0.3) is 10.1 Å². The van der Waals surface area contributed by atoms with Crippen molar-refractivity contribution in [3.8, 4) is 0 Å². The maximum absolute atomic E-state index is 10.7. The minimum atomic E-state index is -4.22. The fraction of sp³-hybridized carbons (Fsp3) is 0.400. The van der Waals surface area contributed by atoms with Gasteiger partial charge in [0.15, 0.2) is 5.37 Å². The molecule has 0 aliphatic rings. The van der Waals surface area contributed by atoms with Crippen molar-refractivity contribution in [2.75, 3.05) is 5.32 Å². The van der Waals surface area contributed by atoms with Gasteiger partial charge in [-0.25, -0.2) is 0 Å². The predicted molar refractivity (Wildman–Crippen MR) is 54.5 cm³/mol. The van der Waals surface area contributed by atoms with Gasteiger partial charge < -0.3 is 5.32 Å². The molecular weight excluding hydrogens is 267 g/mol. The Kier molecular flexibility index (Phi) is 3.66. The molecule has 84 valence electrons. The van der Waals surface area contributed by atoms with E-state index >= 15 is 0 Å². The quantitative estimate of drug-likeness (QED) is 0.785. The monoisotopic (exact) mass is 272 g/mol. The molecule has 0 spiro atoms. The standard InChI is InChI=1S/C5H6Cl2N4O3S/c1-2(15(12,13)14)8-5-10-3(6)9-4(7)11-5/h2H,1H3,(H,12,13,14)(H,8,9,10,11). The van der Waals surface area contributed by atoms with E-state index in [4.69, 9.17) is 27.8 Å². The highest BCUT2D eigenvalue weighted by Gasteiger charge is 2.18. The lowest BCUT2D eigenvalue weighted by molar-refractivity contribution is 0.474. The zero-order valence-electron chi connectivity index (χ0n) is 7.35. The van der Waals surface area contributed by atoms with Crippen LogP contribution in [0.25, 0.3) is 0 Å². The molecule has 0 saturated heterocycles. The van der Waals surface area contributed by atoms with E-state index in [1.807, 2.05) is 0 Å². The van der Waals surface area contributed by atoms with Crippen molar-refractivity contribution >= 4 is 39.3 Å². The Morgan fingerprint density at radius 2 is 1.73 bits per heavy atom. The number of nitrogens with one attached hydrogen (secondary N) is 1. The van der Waals surface area contributed by atoms with Gasteiger partial charge in [-0.05, 0) is 30.1 Å². The van der Waals surface area contributed by atoms with E-state index in [1.165, 1.54) is 6.92 Å². The Labute approximate surface area is 95.6 Å². The molecule has 2 N–H and O–H groups in total. The second kappa shape index (κ2) is 4.44. The van der Waals surface area contributed by atoms with Crippen molar-refractivity contribution in [2.45, 2.75) is 12.3 Å². The van der Waals surface area contributed by atoms with Crippen LogP contribution >= 0.6 is 23.2 Å². The third-order valence-corrected chi connectivity index (χ3v) is 2.71. The Hall–Kier alpha value is -0.700. The van der Waals surface area contributed by atoms with E-state index in [0.717, 1.165) is 0 Å². The zero-order valence-corrected chi connectivity index (χ0v) is 9.68. The first-order chi connectivity index (χ1) is 6.79. The summed E-state index contributed by atoms with van der Waals surface area (Å²) >= 11 is 10.9. The summed E-state index contributed by atoms with van der Waals surface area (Å²) in [7, 11) is -4.22. The lowest BCUT2D eigenvalue weighted by Crippen LogP contribution is -2.26. The maximum atomic E-state index is 10.7. The van der Waals surface area contributed by atoms with Crippen LogP contribution in [0.4, 0.5) is 5.95 Å². The molecule has 1 rings (SSSR count). The Bertz CT molecular complexity index is 445. The normalized spacial score (nSPS) is 13.6. The number of nitrogens with zero attached hydrogens (tertiary/aromatic N) is 3. The fourth-order valence-electron chi connectivity index (χ4n) is 0.647. The van der Waals surface area contributed by atoms with Crippen LogP contribution in [-0.4, -0.2) is 33.3 Å².